The normalized spacial score (nSPS) is 10.6. The Hall–Kier alpha value is -1.09. The van der Waals surface area contributed by atoms with Gasteiger partial charge in [0.25, 0.3) is 0 Å². The molecule has 0 aliphatic rings. The molecule has 0 unspecified atom stereocenters. The third-order valence-corrected chi connectivity index (χ3v) is 4.52. The summed E-state index contributed by atoms with van der Waals surface area (Å²) in [7, 11) is 0. The summed E-state index contributed by atoms with van der Waals surface area (Å²) in [6.07, 6.45) is 0. The predicted molar refractivity (Wildman–Crippen MR) is 78.0 cm³/mol. The minimum absolute atomic E-state index is 0.104. The third kappa shape index (κ3) is 3.95. The first-order valence-electron chi connectivity index (χ1n) is 5.05. The van der Waals surface area contributed by atoms with Gasteiger partial charge in [0, 0.05) is 0 Å². The number of halogens is 3. The van der Waals surface area contributed by atoms with E-state index in [0.717, 1.165) is 35.2 Å². The smallest absolute Gasteiger partial charge is 0.313 e. The summed E-state index contributed by atoms with van der Waals surface area (Å²) in [5.74, 6) is -1.59. The van der Waals surface area contributed by atoms with Crippen molar-refractivity contribution in [3.63, 3.8) is 0 Å². The number of carboxylic acid groups (broad SMARTS) is 1. The molecular weight excluding hydrogens is 348 g/mol. The first-order valence-corrected chi connectivity index (χ1v) is 7.61. The van der Waals surface area contributed by atoms with Crippen LogP contribution < -0.4 is 5.32 Å². The molecule has 0 saturated carbocycles. The zero-order valence-corrected chi connectivity index (χ0v) is 12.7. The van der Waals surface area contributed by atoms with E-state index in [0.29, 0.717) is 15.2 Å². The maximum absolute atomic E-state index is 13.0. The highest BCUT2D eigenvalue weighted by Crippen LogP contribution is 2.35. The molecule has 2 N–H and O–H groups in total. The number of anilines is 2. The Morgan fingerprint density at radius 1 is 1.40 bits per heavy atom. The summed E-state index contributed by atoms with van der Waals surface area (Å²) < 4.78 is 13.5. The Bertz CT molecular complexity index is 630. The van der Waals surface area contributed by atoms with Crippen LogP contribution in [0.3, 0.4) is 0 Å². The number of nitrogens with one attached hydrogen (secondary N) is 1. The van der Waals surface area contributed by atoms with Crippen molar-refractivity contribution >= 4 is 63.1 Å². The van der Waals surface area contributed by atoms with Crippen LogP contribution >= 0.6 is 46.3 Å². The molecular formula is C10H6Cl2FN3O2S2. The van der Waals surface area contributed by atoms with Crippen LogP contribution in [0.15, 0.2) is 16.5 Å². The van der Waals surface area contributed by atoms with E-state index in [1.165, 1.54) is 0 Å². The van der Waals surface area contributed by atoms with E-state index in [9.17, 15) is 9.18 Å². The lowest BCUT2D eigenvalue weighted by Crippen LogP contribution is -1.96. The lowest BCUT2D eigenvalue weighted by Gasteiger charge is -2.07. The number of thioether (sulfide) groups is 1. The first-order chi connectivity index (χ1) is 9.45. The fourth-order valence-corrected chi connectivity index (χ4v) is 3.24. The van der Waals surface area contributed by atoms with Crippen LogP contribution in [0.5, 0.6) is 0 Å². The molecule has 0 bridgehead atoms. The van der Waals surface area contributed by atoms with Crippen LogP contribution in [-0.2, 0) is 4.79 Å². The second-order valence-corrected chi connectivity index (χ2v) is 6.44. The molecule has 0 saturated heterocycles. The number of hydrogen-bond acceptors (Lipinski definition) is 6. The third-order valence-electron chi connectivity index (χ3n) is 1.96. The van der Waals surface area contributed by atoms with E-state index in [4.69, 9.17) is 28.3 Å². The SMILES string of the molecule is O=C(O)CSc1nnc(Nc2c(Cl)cc(F)cc2Cl)s1. The molecule has 5 nitrogen and oxygen atoms in total. The van der Waals surface area contributed by atoms with Gasteiger partial charge < -0.3 is 10.4 Å². The Kier molecular flexibility index (Phi) is 5.03. The van der Waals surface area contributed by atoms with Gasteiger partial charge in [-0.2, -0.15) is 0 Å². The summed E-state index contributed by atoms with van der Waals surface area (Å²) in [5, 5.41) is 19.6. The van der Waals surface area contributed by atoms with Crippen LogP contribution in [0.4, 0.5) is 15.2 Å². The molecule has 2 rings (SSSR count). The van der Waals surface area contributed by atoms with Gasteiger partial charge >= 0.3 is 5.97 Å². The highest BCUT2D eigenvalue weighted by molar-refractivity contribution is 8.01. The number of aromatic nitrogens is 2. The molecule has 0 radical (unpaired) electrons. The predicted octanol–water partition coefficient (Wildman–Crippen LogP) is 3.90. The molecule has 0 amide bonds. The summed E-state index contributed by atoms with van der Waals surface area (Å²) in [6, 6.07) is 2.24. The Balaban J connectivity index is 2.13. The minimum atomic E-state index is -0.940. The average Bonchev–Trinajstić information content (AvgIpc) is 2.79. The van der Waals surface area contributed by atoms with Crippen molar-refractivity contribution in [2.75, 3.05) is 11.1 Å². The molecule has 2 aromatic rings. The van der Waals surface area contributed by atoms with Crippen molar-refractivity contribution in [2.24, 2.45) is 0 Å². The van der Waals surface area contributed by atoms with Gasteiger partial charge in [-0.3, -0.25) is 4.79 Å². The van der Waals surface area contributed by atoms with Crippen molar-refractivity contribution in [3.05, 3.63) is 28.0 Å². The fourth-order valence-electron chi connectivity index (χ4n) is 1.21. The van der Waals surface area contributed by atoms with Gasteiger partial charge in [-0.05, 0) is 12.1 Å². The summed E-state index contributed by atoms with van der Waals surface area (Å²) >= 11 is 14.0. The maximum Gasteiger partial charge on any atom is 0.313 e. The van der Waals surface area contributed by atoms with E-state index in [-0.39, 0.29) is 15.8 Å². The van der Waals surface area contributed by atoms with Crippen molar-refractivity contribution in [3.8, 4) is 0 Å². The number of hydrogen-bond donors (Lipinski definition) is 2. The molecule has 20 heavy (non-hydrogen) atoms. The highest BCUT2D eigenvalue weighted by Gasteiger charge is 2.12. The molecule has 106 valence electrons. The number of carboxylic acids is 1. The molecule has 0 aliphatic heterocycles. The van der Waals surface area contributed by atoms with Gasteiger partial charge in [0.1, 0.15) is 5.82 Å². The zero-order valence-electron chi connectivity index (χ0n) is 9.56. The lowest BCUT2D eigenvalue weighted by atomic mass is 10.3. The van der Waals surface area contributed by atoms with Crippen LogP contribution in [0.2, 0.25) is 10.0 Å². The molecule has 0 spiro atoms. The molecule has 1 aromatic heterocycles. The van der Waals surface area contributed by atoms with E-state index in [1.54, 1.807) is 0 Å². The minimum Gasteiger partial charge on any atom is -0.481 e. The second kappa shape index (κ2) is 6.57. The first kappa shape index (κ1) is 15.3. The van der Waals surface area contributed by atoms with Crippen molar-refractivity contribution in [1.29, 1.82) is 0 Å². The van der Waals surface area contributed by atoms with Gasteiger partial charge in [0.15, 0.2) is 4.34 Å². The van der Waals surface area contributed by atoms with Crippen LogP contribution in [0, 0.1) is 5.82 Å². The summed E-state index contributed by atoms with van der Waals surface area (Å²) in [5.41, 5.74) is 0.320. The van der Waals surface area contributed by atoms with E-state index >= 15 is 0 Å². The number of benzene rings is 1. The molecule has 1 aromatic carbocycles. The Morgan fingerprint density at radius 3 is 2.65 bits per heavy atom. The van der Waals surface area contributed by atoms with Gasteiger partial charge in [0.05, 0.1) is 21.5 Å². The maximum atomic E-state index is 13.0. The molecule has 10 heteroatoms. The van der Waals surface area contributed by atoms with Crippen molar-refractivity contribution < 1.29 is 14.3 Å². The van der Waals surface area contributed by atoms with Crippen LogP contribution in [-0.4, -0.2) is 27.0 Å². The lowest BCUT2D eigenvalue weighted by molar-refractivity contribution is -0.133. The number of nitrogens with zero attached hydrogens (tertiary/aromatic N) is 2. The Labute approximate surface area is 131 Å². The van der Waals surface area contributed by atoms with Gasteiger partial charge in [-0.25, -0.2) is 4.39 Å². The van der Waals surface area contributed by atoms with Crippen molar-refractivity contribution in [2.45, 2.75) is 4.34 Å². The van der Waals surface area contributed by atoms with E-state index in [1.807, 2.05) is 0 Å². The molecule has 1 heterocycles. The van der Waals surface area contributed by atoms with Crippen LogP contribution in [0.25, 0.3) is 0 Å². The molecule has 0 fully saturated rings. The van der Waals surface area contributed by atoms with Gasteiger partial charge in [-0.15, -0.1) is 10.2 Å². The average molecular weight is 354 g/mol. The Morgan fingerprint density at radius 2 is 2.05 bits per heavy atom. The number of carbonyl (C=O) groups is 1. The fraction of sp³-hybridized carbons (Fsp3) is 0.100. The largest absolute Gasteiger partial charge is 0.481 e. The van der Waals surface area contributed by atoms with Crippen molar-refractivity contribution in [1.82, 2.24) is 10.2 Å². The van der Waals surface area contributed by atoms with E-state index in [2.05, 4.69) is 15.5 Å². The second-order valence-electron chi connectivity index (χ2n) is 3.42. The topological polar surface area (TPSA) is 75.1 Å². The zero-order chi connectivity index (χ0) is 14.7. The number of rotatable bonds is 5. The molecule has 0 atom stereocenters. The summed E-state index contributed by atoms with van der Waals surface area (Å²) in [4.78, 5) is 10.4. The highest BCUT2D eigenvalue weighted by atomic mass is 35.5. The monoisotopic (exact) mass is 353 g/mol. The standard InChI is InChI=1S/C10H6Cl2FN3O2S2/c11-5-1-4(13)2-6(12)8(5)14-9-15-16-10(20-9)19-3-7(17)18/h1-2H,3H2,(H,14,15)(H,17,18). The van der Waals surface area contributed by atoms with E-state index < -0.39 is 11.8 Å². The van der Waals surface area contributed by atoms with Crippen LogP contribution in [0.1, 0.15) is 0 Å². The number of aliphatic carboxylic acids is 1. The molecule has 0 aliphatic carbocycles. The summed E-state index contributed by atoms with van der Waals surface area (Å²) in [6.45, 7) is 0. The van der Waals surface area contributed by atoms with Gasteiger partial charge in [-0.1, -0.05) is 46.3 Å². The quantitative estimate of drug-likeness (QED) is 0.793. The van der Waals surface area contributed by atoms with Gasteiger partial charge in [0.2, 0.25) is 5.13 Å².